The van der Waals surface area contributed by atoms with E-state index in [1.807, 2.05) is 62.4 Å². The second-order valence-electron chi connectivity index (χ2n) is 9.10. The zero-order valence-corrected chi connectivity index (χ0v) is 21.6. The monoisotopic (exact) mass is 502 g/mol. The number of hydrogen-bond donors (Lipinski definition) is 2. The number of sulfonamides is 1. The van der Waals surface area contributed by atoms with Gasteiger partial charge < -0.3 is 10.5 Å². The molecule has 0 atom stereocenters. The molecule has 0 saturated carbocycles. The summed E-state index contributed by atoms with van der Waals surface area (Å²) in [6.07, 6.45) is 0. The van der Waals surface area contributed by atoms with Crippen LogP contribution < -0.4 is 15.2 Å². The maximum atomic E-state index is 13.2. The summed E-state index contributed by atoms with van der Waals surface area (Å²) in [5, 5.41) is 0. The Labute approximate surface area is 212 Å². The van der Waals surface area contributed by atoms with Crippen LogP contribution >= 0.6 is 0 Å². The summed E-state index contributed by atoms with van der Waals surface area (Å²) in [5.41, 5.74) is 9.57. The average molecular weight is 503 g/mol. The van der Waals surface area contributed by atoms with Gasteiger partial charge in [-0.3, -0.25) is 0 Å². The smallest absolute Gasteiger partial charge is 0.264 e. The van der Waals surface area contributed by atoms with Crippen LogP contribution in [0.25, 0.3) is 11.3 Å². The van der Waals surface area contributed by atoms with Gasteiger partial charge in [0.1, 0.15) is 5.75 Å². The number of aromatic nitrogens is 2. The Morgan fingerprint density at radius 2 is 1.53 bits per heavy atom. The van der Waals surface area contributed by atoms with Gasteiger partial charge >= 0.3 is 0 Å². The van der Waals surface area contributed by atoms with Gasteiger partial charge in [0.25, 0.3) is 10.0 Å². The van der Waals surface area contributed by atoms with Crippen molar-refractivity contribution >= 4 is 21.7 Å². The molecule has 0 amide bonds. The van der Waals surface area contributed by atoms with E-state index in [1.54, 1.807) is 12.1 Å². The molecular weight excluding hydrogens is 472 g/mol. The molecule has 0 aliphatic rings. The lowest BCUT2D eigenvalue weighted by Gasteiger charge is -2.21. The molecule has 3 N–H and O–H groups in total. The number of anilines is 2. The molecule has 0 radical (unpaired) electrons. The molecule has 1 heterocycles. The van der Waals surface area contributed by atoms with E-state index in [1.165, 1.54) is 12.1 Å². The van der Waals surface area contributed by atoms with Gasteiger partial charge in [0.2, 0.25) is 11.8 Å². The highest BCUT2D eigenvalue weighted by atomic mass is 32.2. The first-order valence-electron chi connectivity index (χ1n) is 11.8. The van der Waals surface area contributed by atoms with Gasteiger partial charge in [0.05, 0.1) is 10.6 Å². The van der Waals surface area contributed by atoms with Gasteiger partial charge in [-0.25, -0.2) is 18.1 Å². The van der Waals surface area contributed by atoms with Crippen LogP contribution in [0.3, 0.4) is 0 Å². The zero-order valence-electron chi connectivity index (χ0n) is 20.8. The van der Waals surface area contributed by atoms with Crippen LogP contribution in [-0.4, -0.2) is 18.4 Å². The molecule has 186 valence electrons. The molecule has 0 bridgehead atoms. The van der Waals surface area contributed by atoms with Crippen molar-refractivity contribution in [2.24, 2.45) is 0 Å². The Hall–Kier alpha value is -3.91. The van der Waals surface area contributed by atoms with Crippen LogP contribution in [0, 0.1) is 0 Å². The van der Waals surface area contributed by atoms with Crippen LogP contribution in [0.15, 0.2) is 83.8 Å². The van der Waals surface area contributed by atoms with Crippen molar-refractivity contribution in [2.75, 3.05) is 10.5 Å². The molecule has 0 saturated heterocycles. The van der Waals surface area contributed by atoms with Gasteiger partial charge in [-0.05, 0) is 47.7 Å². The third-order valence-electron chi connectivity index (χ3n) is 5.68. The molecule has 0 fully saturated rings. The fourth-order valence-corrected chi connectivity index (χ4v) is 4.97. The molecule has 4 rings (SSSR count). The number of nitrogen functional groups attached to an aromatic ring is 1. The quantitative estimate of drug-likeness (QED) is 0.264. The lowest BCUT2D eigenvalue weighted by molar-refractivity contribution is 0.453. The average Bonchev–Trinajstić information content (AvgIpc) is 2.84. The van der Waals surface area contributed by atoms with Crippen LogP contribution in [0.2, 0.25) is 0 Å². The minimum atomic E-state index is -3.99. The number of nitrogens with zero attached hydrogens (tertiary/aromatic N) is 2. The van der Waals surface area contributed by atoms with E-state index >= 15 is 0 Å². The highest BCUT2D eigenvalue weighted by Gasteiger charge is 2.25. The van der Waals surface area contributed by atoms with E-state index < -0.39 is 10.0 Å². The number of nitrogens with two attached hydrogens (primary N) is 1. The van der Waals surface area contributed by atoms with Crippen molar-refractivity contribution in [1.82, 2.24) is 9.97 Å². The van der Waals surface area contributed by atoms with Crippen molar-refractivity contribution in [3.63, 3.8) is 0 Å². The van der Waals surface area contributed by atoms with E-state index in [0.29, 0.717) is 23.0 Å². The van der Waals surface area contributed by atoms with Crippen LogP contribution in [0.5, 0.6) is 11.6 Å². The van der Waals surface area contributed by atoms with Crippen LogP contribution in [-0.2, 0) is 10.0 Å². The molecule has 0 spiro atoms. The van der Waals surface area contributed by atoms with Crippen molar-refractivity contribution in [1.29, 1.82) is 0 Å². The van der Waals surface area contributed by atoms with Crippen LogP contribution in [0.4, 0.5) is 11.6 Å². The minimum Gasteiger partial charge on any atom is -0.439 e. The van der Waals surface area contributed by atoms with Gasteiger partial charge in [-0.15, -0.1) is 0 Å². The second kappa shape index (κ2) is 10.4. The Morgan fingerprint density at radius 3 is 2.19 bits per heavy atom. The Bertz CT molecular complexity index is 1470. The SMILES string of the molecule is CC(C)c1ccccc1-c1nc(NS(=O)(=O)c2cccc(N)c2)nc(Oc2ccccc2)c1C(C)C. The Kier molecular flexibility index (Phi) is 7.26. The van der Waals surface area contributed by atoms with Gasteiger partial charge in [-0.2, -0.15) is 4.98 Å². The fourth-order valence-electron chi connectivity index (χ4n) is 3.98. The number of nitrogens with one attached hydrogen (secondary N) is 1. The molecule has 1 aromatic heterocycles. The highest BCUT2D eigenvalue weighted by Crippen LogP contribution is 2.39. The normalized spacial score (nSPS) is 11.6. The first-order chi connectivity index (χ1) is 17.2. The zero-order chi connectivity index (χ0) is 25.9. The van der Waals surface area contributed by atoms with Crippen molar-refractivity contribution < 1.29 is 13.2 Å². The first-order valence-corrected chi connectivity index (χ1v) is 13.3. The van der Waals surface area contributed by atoms with E-state index in [2.05, 4.69) is 29.6 Å². The molecule has 3 aromatic carbocycles. The topological polar surface area (TPSA) is 107 Å². The predicted molar refractivity (Wildman–Crippen MR) is 144 cm³/mol. The summed E-state index contributed by atoms with van der Waals surface area (Å²) in [6, 6.07) is 23.3. The number of hydrogen-bond acceptors (Lipinski definition) is 6. The largest absolute Gasteiger partial charge is 0.439 e. The summed E-state index contributed by atoms with van der Waals surface area (Å²) in [4.78, 5) is 9.28. The van der Waals surface area contributed by atoms with E-state index in [-0.39, 0.29) is 22.7 Å². The molecule has 0 aliphatic carbocycles. The summed E-state index contributed by atoms with van der Waals surface area (Å²) < 4.78 is 35.1. The van der Waals surface area contributed by atoms with Crippen molar-refractivity contribution in [2.45, 2.75) is 44.4 Å². The number of para-hydroxylation sites is 1. The Morgan fingerprint density at radius 1 is 0.833 bits per heavy atom. The maximum Gasteiger partial charge on any atom is 0.264 e. The van der Waals surface area contributed by atoms with E-state index in [4.69, 9.17) is 15.5 Å². The molecule has 7 nitrogen and oxygen atoms in total. The van der Waals surface area contributed by atoms with Crippen LogP contribution in [0.1, 0.15) is 50.7 Å². The molecule has 4 aromatic rings. The third-order valence-corrected chi connectivity index (χ3v) is 7.00. The lowest BCUT2D eigenvalue weighted by atomic mass is 9.91. The molecule has 0 unspecified atom stereocenters. The third kappa shape index (κ3) is 5.49. The number of rotatable bonds is 8. The van der Waals surface area contributed by atoms with Crippen molar-refractivity contribution in [3.05, 3.63) is 90.0 Å². The van der Waals surface area contributed by atoms with E-state index in [9.17, 15) is 8.42 Å². The van der Waals surface area contributed by atoms with Gasteiger partial charge in [0.15, 0.2) is 0 Å². The number of benzene rings is 3. The summed E-state index contributed by atoms with van der Waals surface area (Å²) >= 11 is 0. The standard InChI is InChI=1S/C28H30N4O3S/c1-18(2)23-15-8-9-16-24(23)26-25(19(3)4)27(35-21-12-6-5-7-13-21)31-28(30-26)32-36(33,34)22-14-10-11-20(29)17-22/h5-19H,29H2,1-4H3,(H,30,31,32). The Balaban J connectivity index is 1.93. The minimum absolute atomic E-state index is 0.00138. The predicted octanol–water partition coefficient (Wildman–Crippen LogP) is 6.57. The summed E-state index contributed by atoms with van der Waals surface area (Å²) in [5.74, 6) is 1.03. The molecule has 36 heavy (non-hydrogen) atoms. The lowest BCUT2D eigenvalue weighted by Crippen LogP contribution is -2.17. The van der Waals surface area contributed by atoms with E-state index in [0.717, 1.165) is 16.7 Å². The highest BCUT2D eigenvalue weighted by molar-refractivity contribution is 7.92. The number of ether oxygens (including phenoxy) is 1. The second-order valence-corrected chi connectivity index (χ2v) is 10.8. The summed E-state index contributed by atoms with van der Waals surface area (Å²) in [7, 11) is -3.99. The molecule has 8 heteroatoms. The maximum absolute atomic E-state index is 13.2. The van der Waals surface area contributed by atoms with Gasteiger partial charge in [0, 0.05) is 16.8 Å². The fraction of sp³-hybridized carbons (Fsp3) is 0.214. The molecular formula is C28H30N4O3S. The first kappa shape index (κ1) is 25.2. The summed E-state index contributed by atoms with van der Waals surface area (Å²) in [6.45, 7) is 8.29. The van der Waals surface area contributed by atoms with Gasteiger partial charge in [-0.1, -0.05) is 76.2 Å². The van der Waals surface area contributed by atoms with Crippen molar-refractivity contribution in [3.8, 4) is 22.9 Å². The molecule has 0 aliphatic heterocycles.